The minimum atomic E-state index is -0.112. The molecule has 7 nitrogen and oxygen atoms in total. The van der Waals surface area contributed by atoms with Gasteiger partial charge in [0.15, 0.2) is 0 Å². The van der Waals surface area contributed by atoms with Gasteiger partial charge in [0.05, 0.1) is 13.2 Å². The molecule has 31 heavy (non-hydrogen) atoms. The van der Waals surface area contributed by atoms with E-state index in [4.69, 9.17) is 4.74 Å². The van der Waals surface area contributed by atoms with Gasteiger partial charge < -0.3 is 20.3 Å². The van der Waals surface area contributed by atoms with Crippen LogP contribution in [-0.2, 0) is 11.2 Å². The molecular formula is C24H36N4O3. The molecular weight excluding hydrogens is 392 g/mol. The van der Waals surface area contributed by atoms with Gasteiger partial charge >= 0.3 is 6.03 Å². The van der Waals surface area contributed by atoms with Gasteiger partial charge in [0.1, 0.15) is 5.75 Å². The lowest BCUT2D eigenvalue weighted by Crippen LogP contribution is -2.59. The van der Waals surface area contributed by atoms with Crippen molar-refractivity contribution in [1.29, 1.82) is 0 Å². The fraction of sp³-hybridized carbons (Fsp3) is 0.583. The summed E-state index contributed by atoms with van der Waals surface area (Å²) in [6.07, 6.45) is 7.01. The fourth-order valence-electron chi connectivity index (χ4n) is 4.76. The fourth-order valence-corrected chi connectivity index (χ4v) is 4.76. The molecule has 1 aromatic rings. The summed E-state index contributed by atoms with van der Waals surface area (Å²) >= 11 is 0. The van der Waals surface area contributed by atoms with Crippen molar-refractivity contribution >= 4 is 11.9 Å². The predicted octanol–water partition coefficient (Wildman–Crippen LogP) is 2.43. The summed E-state index contributed by atoms with van der Waals surface area (Å²) in [5.41, 5.74) is 1.10. The van der Waals surface area contributed by atoms with Crippen molar-refractivity contribution in [1.82, 2.24) is 20.4 Å². The lowest BCUT2D eigenvalue weighted by Gasteiger charge is -2.40. The summed E-state index contributed by atoms with van der Waals surface area (Å²) < 4.78 is 5.42. The Hall–Kier alpha value is -2.54. The van der Waals surface area contributed by atoms with E-state index in [1.54, 1.807) is 13.2 Å². The summed E-state index contributed by atoms with van der Waals surface area (Å²) in [5, 5.41) is 6.02. The van der Waals surface area contributed by atoms with Gasteiger partial charge in [-0.1, -0.05) is 37.1 Å². The normalized spacial score (nSPS) is 18.4. The average Bonchev–Trinajstić information content (AvgIpc) is 3.32. The molecule has 0 aromatic heterocycles. The van der Waals surface area contributed by atoms with E-state index >= 15 is 0 Å². The summed E-state index contributed by atoms with van der Waals surface area (Å²) in [6.45, 7) is 7.43. The molecule has 7 heteroatoms. The van der Waals surface area contributed by atoms with Gasteiger partial charge in [-0.25, -0.2) is 4.79 Å². The average molecular weight is 429 g/mol. The molecule has 0 spiro atoms. The molecule has 3 rings (SSSR count). The number of carbonyl (C=O) groups excluding carboxylic acids is 2. The van der Waals surface area contributed by atoms with Crippen LogP contribution in [0.25, 0.3) is 0 Å². The Kier molecular flexibility index (Phi) is 8.76. The zero-order valence-electron chi connectivity index (χ0n) is 18.6. The maximum Gasteiger partial charge on any atom is 0.317 e. The lowest BCUT2D eigenvalue weighted by atomic mass is 9.95. The van der Waals surface area contributed by atoms with Crippen LogP contribution in [0.4, 0.5) is 4.79 Å². The molecule has 1 atom stereocenters. The molecule has 1 heterocycles. The highest BCUT2D eigenvalue weighted by molar-refractivity contribution is 5.82. The number of hydrogen-bond acceptors (Lipinski definition) is 4. The van der Waals surface area contributed by atoms with Crippen LogP contribution in [0.3, 0.4) is 0 Å². The number of nitrogens with zero attached hydrogens (tertiary/aromatic N) is 2. The summed E-state index contributed by atoms with van der Waals surface area (Å²) in [5.74, 6) is 1.37. The number of para-hydroxylation sites is 1. The highest BCUT2D eigenvalue weighted by atomic mass is 16.5. The van der Waals surface area contributed by atoms with Gasteiger partial charge in [-0.15, -0.1) is 6.58 Å². The minimum Gasteiger partial charge on any atom is -0.496 e. The molecule has 170 valence electrons. The predicted molar refractivity (Wildman–Crippen MR) is 122 cm³/mol. The first-order chi connectivity index (χ1) is 15.1. The van der Waals surface area contributed by atoms with Crippen molar-refractivity contribution in [2.75, 3.05) is 46.4 Å². The highest BCUT2D eigenvalue weighted by Crippen LogP contribution is 2.31. The largest absolute Gasteiger partial charge is 0.496 e. The molecule has 2 aliphatic rings. The van der Waals surface area contributed by atoms with E-state index in [0.29, 0.717) is 32.1 Å². The van der Waals surface area contributed by atoms with Crippen molar-refractivity contribution < 1.29 is 14.3 Å². The zero-order chi connectivity index (χ0) is 22.1. The van der Waals surface area contributed by atoms with Crippen LogP contribution < -0.4 is 15.4 Å². The quantitative estimate of drug-likeness (QED) is 0.593. The molecule has 0 bridgehead atoms. The second-order valence-corrected chi connectivity index (χ2v) is 8.34. The Labute approximate surface area is 185 Å². The van der Waals surface area contributed by atoms with Gasteiger partial charge in [0, 0.05) is 39.3 Å². The number of carbonyl (C=O) groups is 2. The van der Waals surface area contributed by atoms with Gasteiger partial charge in [0.25, 0.3) is 0 Å². The summed E-state index contributed by atoms with van der Waals surface area (Å²) in [4.78, 5) is 29.6. The molecule has 2 N–H and O–H groups in total. The monoisotopic (exact) mass is 428 g/mol. The van der Waals surface area contributed by atoms with E-state index in [9.17, 15) is 9.59 Å². The van der Waals surface area contributed by atoms with Crippen molar-refractivity contribution in [2.45, 2.75) is 38.1 Å². The lowest BCUT2D eigenvalue weighted by molar-refractivity contribution is -0.129. The molecule has 1 saturated heterocycles. The van der Waals surface area contributed by atoms with E-state index in [2.05, 4.69) is 22.1 Å². The number of methoxy groups -OCH3 is 1. The van der Waals surface area contributed by atoms with Gasteiger partial charge in [-0.05, 0) is 36.8 Å². The van der Waals surface area contributed by atoms with Crippen LogP contribution in [0.2, 0.25) is 0 Å². The molecule has 1 saturated carbocycles. The topological polar surface area (TPSA) is 73.9 Å². The molecule has 3 amide bonds. The third kappa shape index (κ3) is 6.23. The maximum atomic E-state index is 13.2. The number of benzene rings is 1. The molecule has 0 unspecified atom stereocenters. The Morgan fingerprint density at radius 1 is 1.16 bits per heavy atom. The van der Waals surface area contributed by atoms with Crippen molar-refractivity contribution in [3.63, 3.8) is 0 Å². The third-order valence-corrected chi connectivity index (χ3v) is 6.39. The van der Waals surface area contributed by atoms with Crippen LogP contribution in [0.5, 0.6) is 5.75 Å². The Morgan fingerprint density at radius 3 is 2.55 bits per heavy atom. The molecule has 1 aliphatic carbocycles. The first kappa shape index (κ1) is 23.1. The highest BCUT2D eigenvalue weighted by Gasteiger charge is 2.37. The molecule has 0 radical (unpaired) electrons. The first-order valence-corrected chi connectivity index (χ1v) is 11.4. The van der Waals surface area contributed by atoms with Crippen LogP contribution in [0.15, 0.2) is 36.9 Å². The first-order valence-electron chi connectivity index (χ1n) is 11.4. The smallest absolute Gasteiger partial charge is 0.317 e. The number of amides is 3. The van der Waals surface area contributed by atoms with Crippen LogP contribution >= 0.6 is 0 Å². The Morgan fingerprint density at radius 2 is 1.87 bits per heavy atom. The summed E-state index contributed by atoms with van der Waals surface area (Å²) in [7, 11) is 1.67. The number of urea groups is 1. The number of ether oxygens (including phenoxy) is 1. The minimum absolute atomic E-state index is 0.0572. The van der Waals surface area contributed by atoms with Crippen molar-refractivity contribution in [3.05, 3.63) is 42.5 Å². The summed E-state index contributed by atoms with van der Waals surface area (Å²) in [6, 6.07) is 7.76. The SMILES string of the molecule is C=CCNC(=O)N1CCN([C@@H](C(=O)NCCc2ccccc2OC)C2CCCC2)CC1. The third-order valence-electron chi connectivity index (χ3n) is 6.39. The molecule has 1 aliphatic heterocycles. The Bertz CT molecular complexity index is 740. The standard InChI is InChI=1S/C24H36N4O3/c1-3-13-26-24(30)28-17-15-27(16-18-28)22(20-9-4-5-10-20)23(29)25-14-12-19-8-6-7-11-21(19)31-2/h3,6-8,11,20,22H,1,4-5,9-10,12-18H2,2H3,(H,25,29)(H,26,30)/t22-/m1/s1. The van der Waals surface area contributed by atoms with Crippen LogP contribution in [0, 0.1) is 5.92 Å². The molecule has 2 fully saturated rings. The second kappa shape index (κ2) is 11.7. The van der Waals surface area contributed by atoms with E-state index < -0.39 is 0 Å². The van der Waals surface area contributed by atoms with Crippen LogP contribution in [0.1, 0.15) is 31.2 Å². The van der Waals surface area contributed by atoms with Gasteiger partial charge in [-0.3, -0.25) is 9.69 Å². The number of piperazine rings is 1. The van der Waals surface area contributed by atoms with E-state index in [1.165, 1.54) is 12.8 Å². The second-order valence-electron chi connectivity index (χ2n) is 8.34. The van der Waals surface area contributed by atoms with E-state index in [0.717, 1.165) is 43.7 Å². The van der Waals surface area contributed by atoms with E-state index in [1.807, 2.05) is 29.2 Å². The maximum absolute atomic E-state index is 13.2. The van der Waals surface area contributed by atoms with Crippen LogP contribution in [-0.4, -0.2) is 74.2 Å². The van der Waals surface area contributed by atoms with Crippen molar-refractivity contribution in [3.8, 4) is 5.75 Å². The van der Waals surface area contributed by atoms with Gasteiger partial charge in [-0.2, -0.15) is 0 Å². The Balaban J connectivity index is 1.56. The number of nitrogens with one attached hydrogen (secondary N) is 2. The zero-order valence-corrected chi connectivity index (χ0v) is 18.6. The van der Waals surface area contributed by atoms with Crippen molar-refractivity contribution in [2.24, 2.45) is 5.92 Å². The molecule has 1 aromatic carbocycles. The number of rotatable bonds is 9. The number of hydrogen-bond donors (Lipinski definition) is 2. The van der Waals surface area contributed by atoms with Gasteiger partial charge in [0.2, 0.25) is 5.91 Å². The van der Waals surface area contributed by atoms with E-state index in [-0.39, 0.29) is 18.0 Å².